The Bertz CT molecular complexity index is 999. The second-order valence-corrected chi connectivity index (χ2v) is 17.2. The number of hydrogen-bond acceptors (Lipinski definition) is 3. The first kappa shape index (κ1) is 25.3. The average Bonchev–Trinajstić information content (AvgIpc) is 3.18. The summed E-state index contributed by atoms with van der Waals surface area (Å²) in [4.78, 5) is 0. The predicted molar refractivity (Wildman–Crippen MR) is 150 cm³/mol. The van der Waals surface area contributed by atoms with Crippen molar-refractivity contribution in [1.29, 1.82) is 0 Å². The van der Waals surface area contributed by atoms with Crippen molar-refractivity contribution < 1.29 is 14.9 Å². The Hall–Kier alpha value is -0.380. The minimum atomic E-state index is -0.634. The van der Waals surface area contributed by atoms with Crippen molar-refractivity contribution in [2.45, 2.75) is 153 Å². The molecule has 1 aliphatic heterocycles. The molecule has 0 radical (unpaired) electrons. The maximum Gasteiger partial charge on any atom is 0.0930 e. The number of rotatable bonds is 1. The summed E-state index contributed by atoms with van der Waals surface area (Å²) in [5, 5.41) is 22.5. The van der Waals surface area contributed by atoms with Gasteiger partial charge in [-0.3, -0.25) is 0 Å². The molecule has 1 heterocycles. The molecule has 0 aromatic carbocycles. The normalized spacial score (nSPS) is 58.8. The molecule has 12 atom stereocenters. The third-order valence-corrected chi connectivity index (χ3v) is 15.0. The lowest BCUT2D eigenvalue weighted by atomic mass is 9.44. The third kappa shape index (κ3) is 3.49. The number of allylic oxidation sites excluding steroid dienone is 1. The Kier molecular flexibility index (Phi) is 5.42. The van der Waals surface area contributed by atoms with Crippen LogP contribution in [0.3, 0.4) is 0 Å². The Labute approximate surface area is 231 Å². The highest BCUT2D eigenvalue weighted by Crippen LogP contribution is 2.72. The summed E-state index contributed by atoms with van der Waals surface area (Å²) in [6.07, 6.45) is 22.3. The lowest BCUT2D eigenvalue weighted by molar-refractivity contribution is -0.165. The topological polar surface area (TPSA) is 53.0 Å². The predicted octanol–water partition coefficient (Wildman–Crippen LogP) is 7.59. The second kappa shape index (κ2) is 8.13. The fraction of sp³-hybridized carbons (Fsp3) is 0.943. The average molecular weight is 523 g/mol. The maximum atomic E-state index is 12.0. The summed E-state index contributed by atoms with van der Waals surface area (Å²) in [7, 11) is 0. The van der Waals surface area contributed by atoms with Crippen molar-refractivity contribution in [3.8, 4) is 0 Å². The highest BCUT2D eigenvalue weighted by atomic mass is 16.6. The first-order chi connectivity index (χ1) is 18.1. The van der Waals surface area contributed by atoms with Gasteiger partial charge in [0.15, 0.2) is 0 Å². The summed E-state index contributed by atoms with van der Waals surface area (Å²) < 4.78 is 6.85. The van der Waals surface area contributed by atoms with Gasteiger partial charge < -0.3 is 14.9 Å². The van der Waals surface area contributed by atoms with Crippen molar-refractivity contribution in [3.63, 3.8) is 0 Å². The fourth-order valence-electron chi connectivity index (χ4n) is 13.6. The Morgan fingerprint density at radius 2 is 1.61 bits per heavy atom. The Morgan fingerprint density at radius 3 is 2.42 bits per heavy atom. The molecule has 7 aliphatic carbocycles. The van der Waals surface area contributed by atoms with Crippen LogP contribution < -0.4 is 0 Å². The third-order valence-electron chi connectivity index (χ3n) is 15.0. The molecule has 212 valence electrons. The molecule has 0 bridgehead atoms. The van der Waals surface area contributed by atoms with E-state index in [4.69, 9.17) is 11.3 Å². The van der Waals surface area contributed by atoms with E-state index in [2.05, 4.69) is 13.8 Å². The summed E-state index contributed by atoms with van der Waals surface area (Å²) in [5.41, 5.74) is 2.29. The molecule has 2 spiro atoms. The van der Waals surface area contributed by atoms with Gasteiger partial charge in [-0.1, -0.05) is 44.8 Å². The molecule has 38 heavy (non-hydrogen) atoms. The van der Waals surface area contributed by atoms with Gasteiger partial charge in [-0.05, 0) is 137 Å². The number of ether oxygens (including phenoxy) is 1. The van der Waals surface area contributed by atoms with E-state index in [0.29, 0.717) is 41.1 Å². The van der Waals surface area contributed by atoms with E-state index >= 15 is 0 Å². The monoisotopic (exact) mass is 522 g/mol. The lowest BCUT2D eigenvalue weighted by Crippen LogP contribution is -2.55. The quantitative estimate of drug-likeness (QED) is 0.276. The molecule has 0 aromatic heterocycles. The Morgan fingerprint density at radius 1 is 0.789 bits per heavy atom. The highest BCUT2D eigenvalue weighted by Gasteiger charge is 2.69. The summed E-state index contributed by atoms with van der Waals surface area (Å²) in [6.45, 7) is 9.91. The van der Waals surface area contributed by atoms with Crippen molar-refractivity contribution in [2.75, 3.05) is 0 Å². The number of aliphatic hydroxyl groups excluding tert-OH is 1. The number of fused-ring (bicyclic) bond motifs is 3. The maximum absolute atomic E-state index is 12.0. The highest BCUT2D eigenvalue weighted by molar-refractivity contribution is 5.25. The molecule has 7 saturated carbocycles. The van der Waals surface area contributed by atoms with Crippen LogP contribution in [0.15, 0.2) is 12.2 Å². The zero-order valence-corrected chi connectivity index (χ0v) is 24.4. The molecular weight excluding hydrogens is 468 g/mol. The van der Waals surface area contributed by atoms with E-state index in [1.807, 2.05) is 0 Å². The minimum absolute atomic E-state index is 0.0803. The first-order valence-corrected chi connectivity index (χ1v) is 16.8. The number of aliphatic hydroxyl groups is 2. The van der Waals surface area contributed by atoms with Crippen molar-refractivity contribution in [3.05, 3.63) is 12.2 Å². The molecule has 8 fully saturated rings. The van der Waals surface area contributed by atoms with Crippen LogP contribution in [0.2, 0.25) is 0 Å². The first-order valence-electron chi connectivity index (χ1n) is 16.8. The van der Waals surface area contributed by atoms with Crippen LogP contribution in [-0.4, -0.2) is 33.6 Å². The van der Waals surface area contributed by atoms with E-state index in [1.165, 1.54) is 89.9 Å². The number of epoxide rings is 1. The SMILES string of the molecule is C=C1CC2(CCC(C3CC4(O)CC(O)CCC4CC34CCCC4)C2)C2OC2(C)CC2CCCC3(C)CC1C23. The second-order valence-electron chi connectivity index (χ2n) is 17.2. The molecule has 1 saturated heterocycles. The van der Waals surface area contributed by atoms with Gasteiger partial charge in [-0.15, -0.1) is 0 Å². The van der Waals surface area contributed by atoms with Crippen molar-refractivity contribution in [2.24, 2.45) is 51.8 Å². The minimum Gasteiger partial charge on any atom is -0.393 e. The molecule has 3 heteroatoms. The number of hydrogen-bond donors (Lipinski definition) is 2. The molecule has 0 aromatic rings. The molecule has 3 nitrogen and oxygen atoms in total. The van der Waals surface area contributed by atoms with Crippen LogP contribution in [0.1, 0.15) is 129 Å². The van der Waals surface area contributed by atoms with Crippen molar-refractivity contribution >= 4 is 0 Å². The lowest BCUT2D eigenvalue weighted by Gasteiger charge is -2.61. The van der Waals surface area contributed by atoms with Crippen LogP contribution in [0.25, 0.3) is 0 Å². The van der Waals surface area contributed by atoms with Crippen LogP contribution in [0.5, 0.6) is 0 Å². The van der Waals surface area contributed by atoms with E-state index < -0.39 is 5.60 Å². The standard InChI is InChI=1S/C35H54O3/c1-22-15-34(30-32(3,38-30)16-24-7-6-11-31(2)20-27(22)29(24)31)14-10-23(17-34)28-21-35(37)19-26(36)9-8-25(35)18-33(28)12-4-5-13-33/h23-30,36-37H,1,4-21H2,2-3H3. The molecular formula is C35H54O3. The van der Waals surface area contributed by atoms with Gasteiger partial charge in [0, 0.05) is 11.8 Å². The fourth-order valence-corrected chi connectivity index (χ4v) is 13.6. The zero-order valence-electron chi connectivity index (χ0n) is 24.4. The van der Waals surface area contributed by atoms with Crippen LogP contribution in [-0.2, 0) is 4.74 Å². The largest absolute Gasteiger partial charge is 0.393 e. The van der Waals surface area contributed by atoms with Crippen LogP contribution in [0, 0.1) is 51.8 Å². The summed E-state index contributed by atoms with van der Waals surface area (Å²) >= 11 is 0. The van der Waals surface area contributed by atoms with Crippen LogP contribution >= 0.6 is 0 Å². The molecule has 8 rings (SSSR count). The van der Waals surface area contributed by atoms with Crippen LogP contribution in [0.4, 0.5) is 0 Å². The molecule has 12 unspecified atom stereocenters. The van der Waals surface area contributed by atoms with Gasteiger partial charge in [-0.25, -0.2) is 0 Å². The van der Waals surface area contributed by atoms with Gasteiger partial charge >= 0.3 is 0 Å². The van der Waals surface area contributed by atoms with Gasteiger partial charge in [0.2, 0.25) is 0 Å². The van der Waals surface area contributed by atoms with E-state index in [-0.39, 0.29) is 17.1 Å². The van der Waals surface area contributed by atoms with Gasteiger partial charge in [0.1, 0.15) is 0 Å². The zero-order chi connectivity index (χ0) is 26.1. The molecule has 0 amide bonds. The van der Waals surface area contributed by atoms with Gasteiger partial charge in [0.05, 0.1) is 23.4 Å². The summed E-state index contributed by atoms with van der Waals surface area (Å²) in [5.74, 6) is 4.16. The van der Waals surface area contributed by atoms with Crippen molar-refractivity contribution in [1.82, 2.24) is 0 Å². The summed E-state index contributed by atoms with van der Waals surface area (Å²) in [6, 6.07) is 0. The smallest absolute Gasteiger partial charge is 0.0930 e. The van der Waals surface area contributed by atoms with E-state index in [1.54, 1.807) is 5.57 Å². The van der Waals surface area contributed by atoms with E-state index in [9.17, 15) is 10.2 Å². The van der Waals surface area contributed by atoms with Gasteiger partial charge in [-0.2, -0.15) is 0 Å². The molecule has 2 N–H and O–H groups in total. The Balaban J connectivity index is 1.09. The van der Waals surface area contributed by atoms with Gasteiger partial charge in [0.25, 0.3) is 0 Å². The van der Waals surface area contributed by atoms with E-state index in [0.717, 1.165) is 37.0 Å². The molecule has 8 aliphatic rings.